The van der Waals surface area contributed by atoms with Gasteiger partial charge in [0.25, 0.3) is 0 Å². The summed E-state index contributed by atoms with van der Waals surface area (Å²) in [5, 5.41) is 8.92. The van der Waals surface area contributed by atoms with Gasteiger partial charge in [-0.05, 0) is 25.0 Å². The lowest BCUT2D eigenvalue weighted by Gasteiger charge is -2.30. The van der Waals surface area contributed by atoms with Crippen molar-refractivity contribution < 1.29 is 23.1 Å². The summed E-state index contributed by atoms with van der Waals surface area (Å²) < 4.78 is 26.3. The smallest absolute Gasteiger partial charge is 0.306 e. The predicted octanol–water partition coefficient (Wildman–Crippen LogP) is 0.0732. The third-order valence-electron chi connectivity index (χ3n) is 3.77. The van der Waals surface area contributed by atoms with Crippen LogP contribution >= 0.6 is 0 Å². The van der Waals surface area contributed by atoms with Crippen LogP contribution < -0.4 is 4.72 Å². The minimum atomic E-state index is -3.67. The van der Waals surface area contributed by atoms with Crippen LogP contribution in [0.1, 0.15) is 19.3 Å². The largest absolute Gasteiger partial charge is 0.481 e. The second-order valence-corrected chi connectivity index (χ2v) is 7.10. The van der Waals surface area contributed by atoms with E-state index in [0.717, 1.165) is 0 Å². The Morgan fingerprint density at radius 1 is 1.35 bits per heavy atom. The fraction of sp³-hybridized carbons (Fsp3) is 0.500. The molecule has 0 radical (unpaired) electrons. The van der Waals surface area contributed by atoms with Crippen molar-refractivity contribution >= 4 is 21.9 Å². The molecule has 0 unspecified atom stereocenters. The summed E-state index contributed by atoms with van der Waals surface area (Å²) in [6.07, 6.45) is 3.62. The molecule has 0 spiro atoms. The number of amides is 1. The Hall–Kier alpha value is -2.00. The number of carbonyl (C=O) groups is 2. The van der Waals surface area contributed by atoms with Crippen LogP contribution in [0.2, 0.25) is 0 Å². The molecule has 1 fully saturated rings. The highest BCUT2D eigenvalue weighted by molar-refractivity contribution is 7.89. The second kappa shape index (κ2) is 7.51. The number of piperidine rings is 1. The molecule has 9 heteroatoms. The highest BCUT2D eigenvalue weighted by atomic mass is 32.2. The van der Waals surface area contributed by atoms with E-state index in [4.69, 9.17) is 5.11 Å². The van der Waals surface area contributed by atoms with Gasteiger partial charge in [-0.2, -0.15) is 0 Å². The third-order valence-corrected chi connectivity index (χ3v) is 5.22. The van der Waals surface area contributed by atoms with E-state index in [0.29, 0.717) is 25.9 Å². The lowest BCUT2D eigenvalue weighted by atomic mass is 9.97. The summed E-state index contributed by atoms with van der Waals surface area (Å²) >= 11 is 0. The van der Waals surface area contributed by atoms with E-state index < -0.39 is 21.9 Å². The van der Waals surface area contributed by atoms with Crippen molar-refractivity contribution in [3.8, 4) is 0 Å². The number of pyridine rings is 1. The number of hydrogen-bond acceptors (Lipinski definition) is 5. The highest BCUT2D eigenvalue weighted by Gasteiger charge is 2.26. The van der Waals surface area contributed by atoms with Crippen molar-refractivity contribution in [2.24, 2.45) is 5.92 Å². The molecule has 23 heavy (non-hydrogen) atoms. The average Bonchev–Trinajstić information content (AvgIpc) is 2.55. The van der Waals surface area contributed by atoms with E-state index in [1.54, 1.807) is 4.90 Å². The van der Waals surface area contributed by atoms with Crippen LogP contribution in [0.5, 0.6) is 0 Å². The lowest BCUT2D eigenvalue weighted by Crippen LogP contribution is -2.41. The van der Waals surface area contributed by atoms with Crippen LogP contribution in [0.3, 0.4) is 0 Å². The third kappa shape index (κ3) is 4.73. The van der Waals surface area contributed by atoms with Crippen LogP contribution in [0, 0.1) is 5.92 Å². The SMILES string of the molecule is O=C(O)C1CCN(C(=O)CCNS(=O)(=O)c2cccnc2)CC1. The molecule has 2 heterocycles. The number of aromatic nitrogens is 1. The van der Waals surface area contributed by atoms with Gasteiger partial charge in [-0.3, -0.25) is 14.6 Å². The van der Waals surface area contributed by atoms with Crippen molar-refractivity contribution in [2.75, 3.05) is 19.6 Å². The number of sulfonamides is 1. The molecule has 1 aromatic heterocycles. The molecule has 0 saturated carbocycles. The summed E-state index contributed by atoms with van der Waals surface area (Å²) in [6, 6.07) is 2.94. The molecular formula is C14H19N3O5S. The number of rotatable bonds is 6. The Morgan fingerprint density at radius 2 is 2.04 bits per heavy atom. The van der Waals surface area contributed by atoms with E-state index in [1.165, 1.54) is 24.5 Å². The highest BCUT2D eigenvalue weighted by Crippen LogP contribution is 2.17. The summed E-state index contributed by atoms with van der Waals surface area (Å²) in [6.45, 7) is 0.783. The van der Waals surface area contributed by atoms with Crippen LogP contribution in [0.4, 0.5) is 0 Å². The fourth-order valence-electron chi connectivity index (χ4n) is 2.42. The first-order chi connectivity index (χ1) is 10.9. The first kappa shape index (κ1) is 17.4. The molecule has 1 amide bonds. The Balaban J connectivity index is 1.78. The molecule has 0 atom stereocenters. The van der Waals surface area contributed by atoms with Crippen LogP contribution in [-0.2, 0) is 19.6 Å². The molecule has 2 rings (SSSR count). The summed E-state index contributed by atoms with van der Waals surface area (Å²) in [7, 11) is -3.67. The van der Waals surface area contributed by atoms with Crippen molar-refractivity contribution in [1.82, 2.24) is 14.6 Å². The Bertz CT molecular complexity index is 654. The quantitative estimate of drug-likeness (QED) is 0.756. The molecule has 1 aliphatic heterocycles. The van der Waals surface area contributed by atoms with Gasteiger partial charge in [0.15, 0.2) is 0 Å². The van der Waals surface area contributed by atoms with Gasteiger partial charge >= 0.3 is 5.97 Å². The molecule has 2 N–H and O–H groups in total. The maximum Gasteiger partial charge on any atom is 0.306 e. The van der Waals surface area contributed by atoms with E-state index in [9.17, 15) is 18.0 Å². The Kier molecular flexibility index (Phi) is 5.67. The van der Waals surface area contributed by atoms with Crippen LogP contribution in [0.15, 0.2) is 29.4 Å². The van der Waals surface area contributed by atoms with Gasteiger partial charge < -0.3 is 10.0 Å². The van der Waals surface area contributed by atoms with Gasteiger partial charge in [0.1, 0.15) is 4.90 Å². The van der Waals surface area contributed by atoms with Crippen molar-refractivity contribution in [3.63, 3.8) is 0 Å². The topological polar surface area (TPSA) is 117 Å². The summed E-state index contributed by atoms with van der Waals surface area (Å²) in [4.78, 5) is 28.3. The summed E-state index contributed by atoms with van der Waals surface area (Å²) in [5.74, 6) is -1.41. The van der Waals surface area contributed by atoms with E-state index in [-0.39, 0.29) is 23.8 Å². The number of carboxylic acid groups (broad SMARTS) is 1. The maximum atomic E-state index is 12.0. The fourth-order valence-corrected chi connectivity index (χ4v) is 3.41. The zero-order valence-electron chi connectivity index (χ0n) is 12.5. The average molecular weight is 341 g/mol. The van der Waals surface area contributed by atoms with Crippen molar-refractivity contribution in [1.29, 1.82) is 0 Å². The van der Waals surface area contributed by atoms with Crippen molar-refractivity contribution in [2.45, 2.75) is 24.2 Å². The number of carboxylic acids is 1. The predicted molar refractivity (Wildman–Crippen MR) is 81.0 cm³/mol. The van der Waals surface area contributed by atoms with Gasteiger partial charge in [0, 0.05) is 38.4 Å². The molecule has 1 saturated heterocycles. The lowest BCUT2D eigenvalue weighted by molar-refractivity contribution is -0.145. The first-order valence-electron chi connectivity index (χ1n) is 7.30. The number of nitrogens with one attached hydrogen (secondary N) is 1. The van der Waals surface area contributed by atoms with E-state index in [1.807, 2.05) is 0 Å². The number of aliphatic carboxylic acids is 1. The standard InChI is InChI=1S/C14H19N3O5S/c18-13(17-8-4-11(5-9-17)14(19)20)3-7-16-23(21,22)12-2-1-6-15-10-12/h1-2,6,10-11,16H,3-5,7-9H2,(H,19,20). The van der Waals surface area contributed by atoms with Gasteiger partial charge in [0.2, 0.25) is 15.9 Å². The first-order valence-corrected chi connectivity index (χ1v) is 8.79. The molecule has 0 bridgehead atoms. The molecule has 0 aliphatic carbocycles. The van der Waals surface area contributed by atoms with Crippen LogP contribution in [0.25, 0.3) is 0 Å². The van der Waals surface area contributed by atoms with Gasteiger partial charge in [-0.1, -0.05) is 0 Å². The zero-order chi connectivity index (χ0) is 16.9. The van der Waals surface area contributed by atoms with Gasteiger partial charge in [-0.25, -0.2) is 13.1 Å². The number of hydrogen-bond donors (Lipinski definition) is 2. The summed E-state index contributed by atoms with van der Waals surface area (Å²) in [5.41, 5.74) is 0. The second-order valence-electron chi connectivity index (χ2n) is 5.33. The molecule has 0 aromatic carbocycles. The van der Waals surface area contributed by atoms with Crippen LogP contribution in [-0.4, -0.2) is 54.9 Å². The molecule has 1 aromatic rings. The van der Waals surface area contributed by atoms with Gasteiger partial charge in [-0.15, -0.1) is 0 Å². The van der Waals surface area contributed by atoms with Gasteiger partial charge in [0.05, 0.1) is 5.92 Å². The number of carbonyl (C=O) groups excluding carboxylic acids is 1. The van der Waals surface area contributed by atoms with E-state index in [2.05, 4.69) is 9.71 Å². The minimum Gasteiger partial charge on any atom is -0.481 e. The van der Waals surface area contributed by atoms with Crippen molar-refractivity contribution in [3.05, 3.63) is 24.5 Å². The molecule has 126 valence electrons. The molecule has 8 nitrogen and oxygen atoms in total. The number of likely N-dealkylation sites (tertiary alicyclic amines) is 1. The molecular weight excluding hydrogens is 322 g/mol. The number of nitrogens with zero attached hydrogens (tertiary/aromatic N) is 2. The monoisotopic (exact) mass is 341 g/mol. The molecule has 1 aliphatic rings. The zero-order valence-corrected chi connectivity index (χ0v) is 13.3. The minimum absolute atomic E-state index is 0.00504. The Labute approximate surface area is 134 Å². The van der Waals surface area contributed by atoms with E-state index >= 15 is 0 Å². The normalized spacial score (nSPS) is 16.3. The Morgan fingerprint density at radius 3 is 2.61 bits per heavy atom. The maximum absolute atomic E-state index is 12.0.